The molecule has 0 bridgehead atoms. The lowest BCUT2D eigenvalue weighted by molar-refractivity contribution is 0.126. The molecular weight excluding hydrogens is 398 g/mol. The molecule has 2 atom stereocenters. The van der Waals surface area contributed by atoms with E-state index in [-0.39, 0.29) is 17.9 Å². The molecule has 1 fully saturated rings. The maximum Gasteiger partial charge on any atom is 0.394 e. The molecule has 8 nitrogen and oxygen atoms in total. The van der Waals surface area contributed by atoms with Crippen molar-refractivity contribution < 1.29 is 32.1 Å². The summed E-state index contributed by atoms with van der Waals surface area (Å²) in [5.41, 5.74) is 2.21. The van der Waals surface area contributed by atoms with Crippen LogP contribution in [0, 0.1) is 5.41 Å². The molecule has 2 aromatic carbocycles. The summed E-state index contributed by atoms with van der Waals surface area (Å²) in [5.74, 6) is 1.68. The van der Waals surface area contributed by atoms with Gasteiger partial charge in [-0.25, -0.2) is 0 Å². The third-order valence-corrected chi connectivity index (χ3v) is 5.09. The molecule has 29 heavy (non-hydrogen) atoms. The van der Waals surface area contributed by atoms with E-state index in [9.17, 15) is 5.11 Å². The van der Waals surface area contributed by atoms with Gasteiger partial charge in [-0.3, -0.25) is 9.11 Å². The van der Waals surface area contributed by atoms with Crippen molar-refractivity contribution in [3.63, 3.8) is 0 Å². The highest BCUT2D eigenvalue weighted by Gasteiger charge is 2.43. The molecule has 1 heterocycles. The van der Waals surface area contributed by atoms with Gasteiger partial charge in [0.2, 0.25) is 0 Å². The first-order valence-corrected chi connectivity index (χ1v) is 10.4. The highest BCUT2D eigenvalue weighted by molar-refractivity contribution is 7.79. The second kappa shape index (κ2) is 10.0. The zero-order valence-corrected chi connectivity index (χ0v) is 17.2. The van der Waals surface area contributed by atoms with E-state index in [1.807, 2.05) is 30.3 Å². The molecule has 0 spiro atoms. The van der Waals surface area contributed by atoms with E-state index < -0.39 is 10.4 Å². The van der Waals surface area contributed by atoms with Gasteiger partial charge < -0.3 is 19.9 Å². The number of aliphatic hydroxyl groups is 1. The summed E-state index contributed by atoms with van der Waals surface area (Å²) >= 11 is 0. The molecule has 0 saturated carbocycles. The summed E-state index contributed by atoms with van der Waals surface area (Å²) in [6, 6.07) is 16.4. The zero-order chi connectivity index (χ0) is 21.5. The van der Waals surface area contributed by atoms with Crippen LogP contribution in [0.3, 0.4) is 0 Å². The van der Waals surface area contributed by atoms with Crippen molar-refractivity contribution in [3.8, 4) is 11.5 Å². The van der Waals surface area contributed by atoms with E-state index >= 15 is 0 Å². The minimum atomic E-state index is -4.67. The maximum absolute atomic E-state index is 10.2. The predicted octanol–water partition coefficient (Wildman–Crippen LogP) is 1.96. The average Bonchev–Trinajstić information content (AvgIpc) is 3.10. The van der Waals surface area contributed by atoms with Crippen LogP contribution in [0.5, 0.6) is 11.5 Å². The van der Waals surface area contributed by atoms with Crippen molar-refractivity contribution in [2.45, 2.75) is 12.3 Å². The predicted molar refractivity (Wildman–Crippen MR) is 109 cm³/mol. The van der Waals surface area contributed by atoms with Crippen LogP contribution in [-0.4, -0.2) is 56.5 Å². The zero-order valence-electron chi connectivity index (χ0n) is 16.4. The molecule has 1 aliphatic rings. The first-order valence-electron chi connectivity index (χ1n) is 9.00. The number of benzene rings is 2. The number of ether oxygens (including phenoxy) is 2. The minimum absolute atomic E-state index is 0.147. The molecule has 4 N–H and O–H groups in total. The first kappa shape index (κ1) is 23.1. The molecule has 9 heteroatoms. The number of hydrogen-bond acceptors (Lipinski definition) is 6. The van der Waals surface area contributed by atoms with E-state index in [0.717, 1.165) is 31.0 Å². The molecule has 1 saturated heterocycles. The lowest BCUT2D eigenvalue weighted by Crippen LogP contribution is -2.35. The molecule has 0 amide bonds. The van der Waals surface area contributed by atoms with E-state index in [2.05, 4.69) is 23.5 Å². The summed E-state index contributed by atoms with van der Waals surface area (Å²) in [6.07, 6.45) is 0.844. The summed E-state index contributed by atoms with van der Waals surface area (Å²) in [5, 5.41) is 13.7. The number of nitrogens with one attached hydrogen (secondary N) is 1. The number of hydrogen-bond donors (Lipinski definition) is 4. The molecule has 2 aromatic rings. The Morgan fingerprint density at radius 3 is 2.24 bits per heavy atom. The third-order valence-electron chi connectivity index (χ3n) is 5.09. The minimum Gasteiger partial charge on any atom is -0.493 e. The molecule has 0 aromatic heterocycles. The molecule has 0 radical (unpaired) electrons. The lowest BCUT2D eigenvalue weighted by atomic mass is 9.71. The van der Waals surface area contributed by atoms with Crippen molar-refractivity contribution in [2.24, 2.45) is 5.41 Å². The summed E-state index contributed by atoms with van der Waals surface area (Å²) < 4.78 is 42.4. The van der Waals surface area contributed by atoms with Gasteiger partial charge in [0, 0.05) is 24.4 Å². The Morgan fingerprint density at radius 2 is 1.69 bits per heavy atom. The molecule has 2 unspecified atom stereocenters. The average molecular weight is 426 g/mol. The lowest BCUT2D eigenvalue weighted by Gasteiger charge is -2.33. The Morgan fingerprint density at radius 1 is 1.07 bits per heavy atom. The van der Waals surface area contributed by atoms with Crippen molar-refractivity contribution in [3.05, 3.63) is 59.7 Å². The van der Waals surface area contributed by atoms with Gasteiger partial charge in [-0.05, 0) is 29.7 Å². The van der Waals surface area contributed by atoms with Crippen LogP contribution in [0.25, 0.3) is 0 Å². The first-order chi connectivity index (χ1) is 13.7. The Labute approximate surface area is 171 Å². The van der Waals surface area contributed by atoms with Crippen LogP contribution in [0.1, 0.15) is 17.0 Å². The second-order valence-electron chi connectivity index (χ2n) is 6.93. The van der Waals surface area contributed by atoms with Crippen LogP contribution in [0.2, 0.25) is 0 Å². The Bertz CT molecular complexity index is 881. The maximum atomic E-state index is 10.2. The van der Waals surface area contributed by atoms with Gasteiger partial charge >= 0.3 is 10.4 Å². The molecule has 160 valence electrons. The van der Waals surface area contributed by atoms with Crippen molar-refractivity contribution >= 4 is 10.4 Å². The fraction of sp³-hybridized carbons (Fsp3) is 0.400. The van der Waals surface area contributed by atoms with Crippen molar-refractivity contribution in [1.29, 1.82) is 0 Å². The number of aliphatic hydroxyl groups excluding tert-OH is 1. The summed E-state index contributed by atoms with van der Waals surface area (Å²) in [4.78, 5) is 0. The van der Waals surface area contributed by atoms with Crippen LogP contribution in [0.15, 0.2) is 48.5 Å². The van der Waals surface area contributed by atoms with E-state index in [1.54, 1.807) is 14.2 Å². The van der Waals surface area contributed by atoms with Crippen LogP contribution in [0.4, 0.5) is 0 Å². The van der Waals surface area contributed by atoms with Crippen LogP contribution in [-0.2, 0) is 16.8 Å². The van der Waals surface area contributed by atoms with E-state index in [0.29, 0.717) is 0 Å². The van der Waals surface area contributed by atoms with Gasteiger partial charge in [-0.1, -0.05) is 36.4 Å². The SMILES string of the molecule is COc1ccc(C2CNCC2(CO)Cc2ccccc2)cc1OC.O=S(=O)(O)O. The van der Waals surface area contributed by atoms with Crippen molar-refractivity contribution in [1.82, 2.24) is 5.32 Å². The van der Waals surface area contributed by atoms with Gasteiger partial charge in [0.15, 0.2) is 11.5 Å². The monoisotopic (exact) mass is 425 g/mol. The topological polar surface area (TPSA) is 125 Å². The second-order valence-corrected chi connectivity index (χ2v) is 7.82. The number of methoxy groups -OCH3 is 2. The van der Waals surface area contributed by atoms with Crippen LogP contribution >= 0.6 is 0 Å². The molecular formula is C20H27NO7S. The van der Waals surface area contributed by atoms with Gasteiger partial charge in [-0.2, -0.15) is 8.42 Å². The fourth-order valence-electron chi connectivity index (χ4n) is 3.76. The Hall–Kier alpha value is -2.17. The van der Waals surface area contributed by atoms with Gasteiger partial charge in [-0.15, -0.1) is 0 Å². The highest BCUT2D eigenvalue weighted by Crippen LogP contribution is 2.43. The van der Waals surface area contributed by atoms with E-state index in [4.69, 9.17) is 27.0 Å². The van der Waals surface area contributed by atoms with Crippen LogP contribution < -0.4 is 14.8 Å². The standard InChI is InChI=1S/C20H25NO3.H2O4S/c1-23-18-9-8-16(10-19(18)24-2)17-12-21-13-20(17,14-22)11-15-6-4-3-5-7-15;1-5(2,3)4/h3-10,17,21-22H,11-14H2,1-2H3;(H2,1,2,3,4). The Balaban J connectivity index is 0.000000537. The number of rotatable bonds is 6. The molecule has 1 aliphatic heterocycles. The highest BCUT2D eigenvalue weighted by atomic mass is 32.3. The van der Waals surface area contributed by atoms with E-state index in [1.165, 1.54) is 11.1 Å². The third kappa shape index (κ3) is 6.41. The smallest absolute Gasteiger partial charge is 0.394 e. The summed E-state index contributed by atoms with van der Waals surface area (Å²) in [6.45, 7) is 1.80. The Kier molecular flexibility index (Phi) is 8.00. The molecule has 3 rings (SSSR count). The quantitative estimate of drug-likeness (QED) is 0.518. The molecule has 0 aliphatic carbocycles. The summed E-state index contributed by atoms with van der Waals surface area (Å²) in [7, 11) is -1.38. The largest absolute Gasteiger partial charge is 0.493 e. The fourth-order valence-corrected chi connectivity index (χ4v) is 3.76. The normalized spacial score (nSPS) is 21.2. The van der Waals surface area contributed by atoms with Crippen molar-refractivity contribution in [2.75, 3.05) is 33.9 Å². The van der Waals surface area contributed by atoms with Gasteiger partial charge in [0.1, 0.15) is 0 Å². The van der Waals surface area contributed by atoms with Gasteiger partial charge in [0.05, 0.1) is 20.8 Å². The van der Waals surface area contributed by atoms with Gasteiger partial charge in [0.25, 0.3) is 0 Å².